The molecule has 224 valence electrons. The monoisotopic (exact) mass is 614 g/mol. The highest BCUT2D eigenvalue weighted by molar-refractivity contribution is 6.19. The number of esters is 9. The summed E-state index contributed by atoms with van der Waals surface area (Å²) < 4.78 is 29.3. The lowest BCUT2D eigenvalue weighted by Gasteiger charge is -2.19. The number of carbonyl (C=O) groups excluding carboxylic acids is 9. The van der Waals surface area contributed by atoms with Crippen molar-refractivity contribution in [2.24, 2.45) is 0 Å². The Morgan fingerprint density at radius 2 is 1.00 bits per heavy atom. The van der Waals surface area contributed by atoms with E-state index >= 15 is 0 Å². The second-order valence-corrected chi connectivity index (χ2v) is 9.50. The number of fused-ring (bicyclic) bond motifs is 3. The average Bonchev–Trinajstić information content (AvgIpc) is 3.61. The first-order chi connectivity index (χ1) is 21.5. The van der Waals surface area contributed by atoms with E-state index in [0.29, 0.717) is 0 Å². The van der Waals surface area contributed by atoms with E-state index in [1.165, 1.54) is 42.5 Å². The molecule has 0 amide bonds. The van der Waals surface area contributed by atoms with Crippen molar-refractivity contribution in [3.05, 3.63) is 105 Å². The maximum atomic E-state index is 13.1. The van der Waals surface area contributed by atoms with Crippen LogP contribution in [0, 0.1) is 0 Å². The van der Waals surface area contributed by atoms with E-state index in [0.717, 1.165) is 12.1 Å². The summed E-state index contributed by atoms with van der Waals surface area (Å²) in [5.41, 5.74) is -1.62. The molecule has 0 bridgehead atoms. The van der Waals surface area contributed by atoms with Crippen molar-refractivity contribution in [2.45, 2.75) is 6.10 Å². The van der Waals surface area contributed by atoms with Gasteiger partial charge in [-0.1, -0.05) is 6.07 Å². The van der Waals surface area contributed by atoms with Gasteiger partial charge >= 0.3 is 53.7 Å². The number of hydrogen-bond donors (Lipinski definition) is 0. The highest BCUT2D eigenvalue weighted by Gasteiger charge is 2.36. The fourth-order valence-electron chi connectivity index (χ4n) is 4.56. The molecule has 6 rings (SSSR count). The number of carbonyl (C=O) groups is 9. The molecule has 0 radical (unpaired) electrons. The summed E-state index contributed by atoms with van der Waals surface area (Å²) in [4.78, 5) is 110. The van der Waals surface area contributed by atoms with Gasteiger partial charge in [-0.15, -0.1) is 0 Å². The molecule has 3 aliphatic rings. The molecule has 3 aromatic carbocycles. The molecule has 3 aliphatic heterocycles. The van der Waals surface area contributed by atoms with E-state index in [1.54, 1.807) is 0 Å². The lowest BCUT2D eigenvalue weighted by atomic mass is 10.0. The molecule has 0 fully saturated rings. The Balaban J connectivity index is 1.20. The van der Waals surface area contributed by atoms with Crippen molar-refractivity contribution in [2.75, 3.05) is 13.2 Å². The molecule has 15 heteroatoms. The minimum atomic E-state index is -1.50. The number of cyclic esters (lactones) is 6. The normalized spacial score (nSPS) is 14.3. The Kier molecular flexibility index (Phi) is 6.97. The first-order valence-electron chi connectivity index (χ1n) is 12.8. The third-order valence-electron chi connectivity index (χ3n) is 6.73. The Labute approximate surface area is 249 Å². The summed E-state index contributed by atoms with van der Waals surface area (Å²) in [5, 5.41) is 0. The van der Waals surface area contributed by atoms with Gasteiger partial charge in [-0.3, -0.25) is 0 Å². The molecule has 0 unspecified atom stereocenters. The molecular weight excluding hydrogens is 600 g/mol. The number of benzene rings is 3. The van der Waals surface area contributed by atoms with Gasteiger partial charge in [0.15, 0.2) is 6.10 Å². The topological polar surface area (TPSA) is 209 Å². The minimum absolute atomic E-state index is 0.0492. The fraction of sp³-hybridized carbons (Fsp3) is 0.100. The van der Waals surface area contributed by atoms with Crippen LogP contribution in [0.4, 0.5) is 0 Å². The lowest BCUT2D eigenvalue weighted by Crippen LogP contribution is -2.31. The van der Waals surface area contributed by atoms with Crippen molar-refractivity contribution in [1.82, 2.24) is 0 Å². The zero-order chi connectivity index (χ0) is 32.0. The first kappa shape index (κ1) is 28.6. The highest BCUT2D eigenvalue weighted by atomic mass is 16.6. The summed E-state index contributed by atoms with van der Waals surface area (Å²) >= 11 is 0. The molecule has 0 saturated carbocycles. The molecule has 0 atom stereocenters. The largest absolute Gasteiger partial charge is 0.458 e. The summed E-state index contributed by atoms with van der Waals surface area (Å²) in [6.07, 6.45) is -1.50. The van der Waals surface area contributed by atoms with Gasteiger partial charge in [0.2, 0.25) is 0 Å². The molecule has 0 spiro atoms. The zero-order valence-corrected chi connectivity index (χ0v) is 22.3. The third-order valence-corrected chi connectivity index (χ3v) is 6.73. The van der Waals surface area contributed by atoms with Crippen LogP contribution in [-0.4, -0.2) is 73.0 Å². The van der Waals surface area contributed by atoms with Crippen molar-refractivity contribution in [3.8, 4) is 0 Å². The van der Waals surface area contributed by atoms with Crippen molar-refractivity contribution < 1.29 is 71.6 Å². The van der Waals surface area contributed by atoms with Gasteiger partial charge in [0.1, 0.15) is 13.2 Å². The van der Waals surface area contributed by atoms with E-state index in [2.05, 4.69) is 14.2 Å². The Morgan fingerprint density at radius 1 is 0.533 bits per heavy atom. The summed E-state index contributed by atoms with van der Waals surface area (Å²) in [5.74, 6) is -8.93. The first-order valence-corrected chi connectivity index (χ1v) is 12.8. The van der Waals surface area contributed by atoms with Gasteiger partial charge in [-0.2, -0.15) is 0 Å². The van der Waals surface area contributed by atoms with E-state index < -0.39 is 73.0 Å². The second-order valence-electron chi connectivity index (χ2n) is 9.50. The van der Waals surface area contributed by atoms with E-state index in [1.807, 2.05) is 0 Å². The van der Waals surface area contributed by atoms with E-state index in [9.17, 15) is 43.2 Å². The van der Waals surface area contributed by atoms with Crippen LogP contribution >= 0.6 is 0 Å². The molecule has 0 aliphatic carbocycles. The maximum Gasteiger partial charge on any atom is 0.347 e. The number of ether oxygens (including phenoxy) is 6. The molecule has 0 saturated heterocycles. The SMILES string of the molecule is O=C(OCC(COC(=O)c1ccc2c(c1)C(=O)OC2=O)OC(=O)c1cccc2c1C(=O)OC2=O)c1ccc2c(c1)C(=O)OC2=O. The van der Waals surface area contributed by atoms with Crippen molar-refractivity contribution >= 4 is 53.7 Å². The van der Waals surface area contributed by atoms with Crippen LogP contribution in [0.3, 0.4) is 0 Å². The maximum absolute atomic E-state index is 13.1. The molecule has 45 heavy (non-hydrogen) atoms. The van der Waals surface area contributed by atoms with Gasteiger partial charge in [0.25, 0.3) is 0 Å². The number of rotatable bonds is 8. The Morgan fingerprint density at radius 3 is 1.53 bits per heavy atom. The lowest BCUT2D eigenvalue weighted by molar-refractivity contribution is -0.0254. The summed E-state index contributed by atoms with van der Waals surface area (Å²) in [7, 11) is 0. The van der Waals surface area contributed by atoms with Crippen molar-refractivity contribution in [3.63, 3.8) is 0 Å². The Bertz CT molecular complexity index is 1840. The third kappa shape index (κ3) is 5.18. The van der Waals surface area contributed by atoms with Crippen LogP contribution in [0.1, 0.15) is 93.2 Å². The molecule has 0 aromatic heterocycles. The summed E-state index contributed by atoms with van der Waals surface area (Å²) in [6, 6.07) is 10.7. The Hall–Kier alpha value is -6.51. The molecule has 0 N–H and O–H groups in total. The highest BCUT2D eigenvalue weighted by Crippen LogP contribution is 2.26. The molecule has 3 heterocycles. The van der Waals surface area contributed by atoms with Gasteiger partial charge < -0.3 is 28.4 Å². The van der Waals surface area contributed by atoms with Crippen LogP contribution in [0.25, 0.3) is 0 Å². The van der Waals surface area contributed by atoms with E-state index in [-0.39, 0.29) is 50.1 Å². The average molecular weight is 614 g/mol. The van der Waals surface area contributed by atoms with Crippen LogP contribution in [0.2, 0.25) is 0 Å². The minimum Gasteiger partial charge on any atom is -0.458 e. The quantitative estimate of drug-likeness (QED) is 0.201. The predicted molar refractivity (Wildman–Crippen MR) is 138 cm³/mol. The van der Waals surface area contributed by atoms with Crippen LogP contribution in [-0.2, 0) is 28.4 Å². The molecule has 15 nitrogen and oxygen atoms in total. The number of hydrogen-bond acceptors (Lipinski definition) is 15. The van der Waals surface area contributed by atoms with Gasteiger partial charge in [-0.05, 0) is 48.5 Å². The fourth-order valence-corrected chi connectivity index (χ4v) is 4.56. The van der Waals surface area contributed by atoms with Crippen LogP contribution in [0.5, 0.6) is 0 Å². The van der Waals surface area contributed by atoms with E-state index in [4.69, 9.17) is 14.2 Å². The second kappa shape index (κ2) is 11.0. The van der Waals surface area contributed by atoms with Gasteiger partial charge in [0.05, 0.1) is 50.1 Å². The smallest absolute Gasteiger partial charge is 0.347 e. The zero-order valence-electron chi connectivity index (χ0n) is 22.3. The molecular formula is C30H14O15. The predicted octanol–water partition coefficient (Wildman–Crippen LogP) is 1.86. The van der Waals surface area contributed by atoms with Crippen LogP contribution in [0.15, 0.2) is 54.6 Å². The summed E-state index contributed by atoms with van der Waals surface area (Å²) in [6.45, 7) is -1.44. The molecule has 3 aromatic rings. The van der Waals surface area contributed by atoms with Gasteiger partial charge in [-0.25, -0.2) is 43.2 Å². The van der Waals surface area contributed by atoms with Crippen LogP contribution < -0.4 is 0 Å². The van der Waals surface area contributed by atoms with Crippen molar-refractivity contribution in [1.29, 1.82) is 0 Å². The van der Waals surface area contributed by atoms with Gasteiger partial charge in [0, 0.05) is 0 Å². The standard InChI is InChI=1S/C30H14O15/c31-22(12-4-6-15-19(8-12)28(37)43-24(15)33)40-10-14(42-26(35)17-2-1-3-18-21(17)30(39)45-27(18)36)11-41-23(32)13-5-7-16-20(9-13)29(38)44-25(16)34/h1-9,14H,10-11H2.